The fourth-order valence-electron chi connectivity index (χ4n) is 2.97. The fraction of sp³-hybridized carbons (Fsp3) is 0.778. The van der Waals surface area contributed by atoms with Crippen molar-refractivity contribution >= 4 is 43.4 Å². The molecule has 0 aromatic rings. The number of hydrogen-bond acceptors (Lipinski definition) is 12. The average Bonchev–Trinajstić information content (AvgIpc) is 3.02. The smallest absolute Gasteiger partial charge is 0.262 e. The van der Waals surface area contributed by atoms with Crippen LogP contribution in [0.15, 0.2) is 5.11 Å². The Morgan fingerprint density at radius 3 is 0.899 bits per heavy atom. The minimum atomic E-state index is -3.53. The van der Waals surface area contributed by atoms with Gasteiger partial charge in [-0.05, 0) is 83.0 Å². The molecule has 0 aliphatic rings. The summed E-state index contributed by atoms with van der Waals surface area (Å²) in [5, 5.41) is 29.6. The second-order valence-corrected chi connectivity index (χ2v) is 42.8. The van der Waals surface area contributed by atoms with Crippen LogP contribution in [0, 0.1) is 69.2 Å². The van der Waals surface area contributed by atoms with Crippen molar-refractivity contribution in [3.05, 3.63) is 79.7 Å². The van der Waals surface area contributed by atoms with E-state index in [-0.39, 0.29) is 202 Å². The quantitative estimate of drug-likeness (QED) is 0.0285. The molecule has 14 nitrogen and oxygen atoms in total. The molecule has 0 heterocycles. The molecule has 405 valence electrons. The molecule has 5 N–H and O–H groups in total. The van der Waals surface area contributed by atoms with Crippen molar-refractivity contribution in [2.24, 2.45) is 10.8 Å². The van der Waals surface area contributed by atoms with E-state index in [9.17, 15) is 13.5 Å². The van der Waals surface area contributed by atoms with Gasteiger partial charge in [-0.1, -0.05) is 138 Å². The summed E-state index contributed by atoms with van der Waals surface area (Å²) >= 11 is 0. The third-order valence-electron chi connectivity index (χ3n) is 11.7. The van der Waals surface area contributed by atoms with Crippen LogP contribution in [-0.4, -0.2) is 124 Å². The zero-order valence-electron chi connectivity index (χ0n) is 47.3. The molecular weight excluding hydrogens is 1350 g/mol. The largest absolute Gasteiger partial charge is 0.447 e. The Morgan fingerprint density at radius 2 is 0.710 bits per heavy atom. The molecule has 0 rings (SSSR count). The molecule has 0 saturated carbocycles. The molecule has 0 aromatic heterocycles. The van der Waals surface area contributed by atoms with Gasteiger partial charge in [-0.15, -0.1) is 11.2 Å². The van der Waals surface area contributed by atoms with Crippen molar-refractivity contribution in [3.63, 3.8) is 0 Å². The Morgan fingerprint density at radius 1 is 0.478 bits per heavy atom. The average molecular weight is 1440 g/mol. The van der Waals surface area contributed by atoms with E-state index < -0.39 is 86.1 Å². The summed E-state index contributed by atoms with van der Waals surface area (Å²) in [6.45, 7) is 78.8. The summed E-state index contributed by atoms with van der Waals surface area (Å²) < 4.78 is 50.2. The molecule has 0 fully saturated rings. The predicted molar refractivity (Wildman–Crippen MR) is 280 cm³/mol. The topological polar surface area (TPSA) is 216 Å². The Balaban J connectivity index is -0.0000000793. The number of nitrogens with two attached hydrogens (primary N) is 1. The summed E-state index contributed by atoms with van der Waals surface area (Å²) in [6.07, 6.45) is -4.05. The maximum absolute atomic E-state index is 11.0. The molecule has 0 aromatic carbocycles. The molecule has 5 radical (unpaired) electrons. The van der Waals surface area contributed by atoms with Crippen molar-refractivity contribution in [1.82, 2.24) is 0 Å². The van der Waals surface area contributed by atoms with Crippen LogP contribution >= 0.6 is 0 Å². The van der Waals surface area contributed by atoms with Crippen molar-refractivity contribution in [2.75, 3.05) is 6.26 Å². The monoisotopic (exact) mass is 1440 g/mol. The summed E-state index contributed by atoms with van der Waals surface area (Å²) in [7, 11) is -10.9. The molecule has 0 aliphatic carbocycles. The summed E-state index contributed by atoms with van der Waals surface area (Å²) in [5.41, 5.74) is 13.9. The van der Waals surface area contributed by atoms with E-state index in [1.54, 1.807) is 0 Å². The number of hydrogen-bond donors (Lipinski definition) is 4. The van der Waals surface area contributed by atoms with Gasteiger partial charge in [0, 0.05) is 164 Å². The van der Waals surface area contributed by atoms with Crippen LogP contribution in [0.4, 0.5) is 0 Å². The van der Waals surface area contributed by atoms with Crippen LogP contribution in [0.3, 0.4) is 0 Å². The first kappa shape index (κ1) is 96.5. The summed E-state index contributed by atoms with van der Waals surface area (Å²) in [4.78, 5) is 2.71. The van der Waals surface area contributed by atoms with E-state index in [0.717, 1.165) is 6.26 Å². The number of nitrogens with zero attached hydrogens (tertiary/aromatic N) is 3. The van der Waals surface area contributed by atoms with E-state index in [0.29, 0.717) is 0 Å². The van der Waals surface area contributed by atoms with Crippen molar-refractivity contribution < 1.29 is 209 Å². The second kappa shape index (κ2) is 41.3. The number of aliphatic hydroxyl groups is 3. The van der Waals surface area contributed by atoms with Gasteiger partial charge in [-0.25, -0.2) is 0 Å². The first-order chi connectivity index (χ1) is 27.7. The molecular formula is C45H98N4O10SSi4Y5-10. The summed E-state index contributed by atoms with van der Waals surface area (Å²) in [5.74, 6) is 0. The Hall–Kier alpha value is 5.29. The van der Waals surface area contributed by atoms with Crippen LogP contribution < -0.4 is 5.73 Å². The van der Waals surface area contributed by atoms with Crippen LogP contribution in [0.1, 0.15) is 83.1 Å². The van der Waals surface area contributed by atoms with Crippen LogP contribution in [0.25, 0.3) is 10.4 Å². The molecule has 1 unspecified atom stereocenters. The molecule has 0 bridgehead atoms. The predicted octanol–water partition coefficient (Wildman–Crippen LogP) is 10.3. The third kappa shape index (κ3) is 46.7. The molecule has 0 aliphatic heterocycles. The molecule has 0 saturated heterocycles. The van der Waals surface area contributed by atoms with Crippen molar-refractivity contribution in [1.29, 1.82) is 0 Å². The second-order valence-electron chi connectivity index (χ2n) is 22.1. The van der Waals surface area contributed by atoms with Gasteiger partial charge in [0.25, 0.3) is 10.1 Å². The first-order valence-electron chi connectivity index (χ1n) is 21.4. The number of azide groups is 1. The van der Waals surface area contributed by atoms with Gasteiger partial charge in [0.2, 0.25) is 0 Å². The van der Waals surface area contributed by atoms with Crippen molar-refractivity contribution in [3.8, 4) is 0 Å². The van der Waals surface area contributed by atoms with Crippen molar-refractivity contribution in [2.45, 2.75) is 217 Å². The Kier molecular flexibility index (Phi) is 57.8. The van der Waals surface area contributed by atoms with Gasteiger partial charge in [0.05, 0.1) is 6.26 Å². The van der Waals surface area contributed by atoms with Gasteiger partial charge in [0.1, 0.15) is 0 Å². The van der Waals surface area contributed by atoms with Gasteiger partial charge in [0.15, 0.2) is 33.3 Å². The zero-order valence-corrected chi connectivity index (χ0v) is 66.3. The molecule has 10 atom stereocenters. The van der Waals surface area contributed by atoms with Gasteiger partial charge in [-0.2, -0.15) is 8.42 Å². The fourth-order valence-corrected chi connectivity index (χ4v) is 8.62. The summed E-state index contributed by atoms with van der Waals surface area (Å²) in [6, 6.07) is -0.710. The maximum Gasteiger partial charge on any atom is 0.262 e. The minimum Gasteiger partial charge on any atom is -0.447 e. The minimum absolute atomic E-state index is 0. The standard InChI is InChI=1S/C11H24O4SSi.C10H21N3OSi.C10H23NOSi.C10H22O2Si.C4H8O2.5Y/c1-9(14-16(6,12)13)10(2)15-17(7,8)11(3,4)5;1-8(12-13-11)9(2)14-15(6,7)10(3,4)5;2*1-8(11)9(2)12-13(6,7)10(3,4)5;1-3(5)4(2)6;;;;;/h9-10H,1-2H2,3-8H3;8-9H,1-2H2,3-7H3;8-9H,1-2,11H2,3-7H3;8-9,11H,1-2H2,3-7H3;3-6H,1-2H2;;;;;/q5*-2;;;;;/t9?,10-;2*8-,9+;8-,9-;3-,4-;;;;;/m01100...../s1. The van der Waals surface area contributed by atoms with Gasteiger partial charge >= 0.3 is 0 Å². The maximum atomic E-state index is 11.0. The number of rotatable bonds is 16. The Bertz CT molecular complexity index is 1400. The van der Waals surface area contributed by atoms with Crippen LogP contribution in [-0.2, 0) is 196 Å². The first-order valence-corrected chi connectivity index (χ1v) is 34.9. The van der Waals surface area contributed by atoms with E-state index in [1.807, 2.05) is 0 Å². The molecule has 24 heteroatoms. The van der Waals surface area contributed by atoms with E-state index >= 15 is 0 Å². The van der Waals surface area contributed by atoms with E-state index in [1.165, 1.54) is 0 Å². The molecule has 0 amide bonds. The Labute approximate surface area is 557 Å². The van der Waals surface area contributed by atoms with Crippen LogP contribution in [0.5, 0.6) is 0 Å². The normalized spacial score (nSPS) is 16.7. The molecule has 0 spiro atoms. The zero-order chi connectivity index (χ0) is 53.2. The molecule has 69 heavy (non-hydrogen) atoms. The van der Waals surface area contributed by atoms with Crippen LogP contribution in [0.2, 0.25) is 72.5 Å². The number of aliphatic hydroxyl groups excluding tert-OH is 3. The third-order valence-corrected chi connectivity index (χ3v) is 30.3. The van der Waals surface area contributed by atoms with E-state index in [4.69, 9.17) is 43.4 Å². The van der Waals surface area contributed by atoms with E-state index in [2.05, 4.69) is 215 Å². The van der Waals surface area contributed by atoms with Gasteiger partial charge in [-0.3, -0.25) is 0 Å². The SMILES string of the molecule is [CH2-]C(OS(C)(=O)=O)[C@H]([CH2-])O[Si](C)(C)C(C)(C)C.[CH2-][C@H](O)[C@H]([CH2-])O.[CH2-][C@H](O)[C@H]([CH2-])O[Si](C)(C)C(C)(C)C.[CH2-][C@H](O[Si](C)(C)C(C)(C)C)[C@@H]([CH2-])N.[CH2-][C@H](O[Si](C)(C)C(C)(C)C)[C@@H]([CH2-])N=[N+]=[N-].[Y].[Y].[Y].[Y].[Y]. The van der Waals surface area contributed by atoms with Gasteiger partial charge < -0.3 is 112 Å².